The quantitative estimate of drug-likeness (QED) is 0.626. The van der Waals surface area contributed by atoms with E-state index in [1.54, 1.807) is 13.8 Å². The first-order chi connectivity index (χ1) is 14.0. The van der Waals surface area contributed by atoms with Crippen molar-refractivity contribution < 1.29 is 27.9 Å². The molecule has 0 aliphatic rings. The zero-order valence-electron chi connectivity index (χ0n) is 16.2. The molecular formula is C20H18Cl2F2N2O4. The molecule has 10 heteroatoms. The number of benzene rings is 2. The summed E-state index contributed by atoms with van der Waals surface area (Å²) in [5, 5.41) is 5.22. The Balaban J connectivity index is 2.26. The topological polar surface area (TPSA) is 84.5 Å². The third kappa shape index (κ3) is 5.46. The van der Waals surface area contributed by atoms with Crippen LogP contribution in [0.1, 0.15) is 34.6 Å². The van der Waals surface area contributed by atoms with Crippen LogP contribution < -0.4 is 10.6 Å². The summed E-state index contributed by atoms with van der Waals surface area (Å²) in [7, 11) is 1.04. The Morgan fingerprint density at radius 1 is 1.00 bits per heavy atom. The molecule has 30 heavy (non-hydrogen) atoms. The van der Waals surface area contributed by atoms with Crippen molar-refractivity contribution >= 4 is 46.7 Å². The SMILES string of the molecule is COC(=O)c1cc(NC(=O)C(NC(=O)c2ccc(Cl)cc2Cl)C(C)C)c(F)cc1F. The number of carbonyl (C=O) groups excluding carboxylic acids is 3. The zero-order chi connectivity index (χ0) is 22.6. The summed E-state index contributed by atoms with van der Waals surface area (Å²) >= 11 is 11.8. The van der Waals surface area contributed by atoms with Crippen molar-refractivity contribution in [1.82, 2.24) is 5.32 Å². The average molecular weight is 459 g/mol. The minimum atomic E-state index is -1.14. The number of ether oxygens (including phenoxy) is 1. The van der Waals surface area contributed by atoms with E-state index in [0.29, 0.717) is 11.1 Å². The molecule has 0 bridgehead atoms. The summed E-state index contributed by atoms with van der Waals surface area (Å²) < 4.78 is 32.3. The van der Waals surface area contributed by atoms with Crippen LogP contribution in [0.25, 0.3) is 0 Å². The van der Waals surface area contributed by atoms with Crippen molar-refractivity contribution in [1.29, 1.82) is 0 Å². The van der Waals surface area contributed by atoms with Gasteiger partial charge in [0.1, 0.15) is 17.7 Å². The van der Waals surface area contributed by atoms with Crippen molar-refractivity contribution in [3.8, 4) is 0 Å². The standard InChI is InChI=1S/C20H18Cl2F2N2O4/c1-9(2)17(26-18(27)11-5-4-10(21)6-13(11)22)19(28)25-16-7-12(20(29)30-3)14(23)8-15(16)24/h4-9,17H,1-3H3,(H,25,28)(H,26,27). The van der Waals surface area contributed by atoms with Crippen LogP contribution in [0.2, 0.25) is 10.0 Å². The minimum Gasteiger partial charge on any atom is -0.465 e. The van der Waals surface area contributed by atoms with Crippen molar-refractivity contribution in [2.75, 3.05) is 12.4 Å². The van der Waals surface area contributed by atoms with Gasteiger partial charge in [0, 0.05) is 11.1 Å². The first kappa shape index (κ1) is 23.6. The maximum absolute atomic E-state index is 14.1. The molecule has 1 atom stereocenters. The maximum atomic E-state index is 14.1. The highest BCUT2D eigenvalue weighted by molar-refractivity contribution is 6.36. The second-order valence-electron chi connectivity index (χ2n) is 6.61. The Labute approximate surface area is 181 Å². The third-order valence-electron chi connectivity index (χ3n) is 4.13. The Bertz CT molecular complexity index is 999. The van der Waals surface area contributed by atoms with Gasteiger partial charge in [0.15, 0.2) is 0 Å². The van der Waals surface area contributed by atoms with E-state index >= 15 is 0 Å². The van der Waals surface area contributed by atoms with Crippen LogP contribution in [0.4, 0.5) is 14.5 Å². The molecule has 0 aliphatic carbocycles. The van der Waals surface area contributed by atoms with Gasteiger partial charge in [-0.2, -0.15) is 0 Å². The number of esters is 1. The molecule has 0 aliphatic heterocycles. The molecule has 2 rings (SSSR count). The molecule has 0 saturated heterocycles. The number of nitrogens with one attached hydrogen (secondary N) is 2. The number of carbonyl (C=O) groups is 3. The van der Waals surface area contributed by atoms with E-state index in [2.05, 4.69) is 15.4 Å². The second kappa shape index (κ2) is 9.86. The van der Waals surface area contributed by atoms with E-state index in [4.69, 9.17) is 23.2 Å². The van der Waals surface area contributed by atoms with Crippen LogP contribution in [0, 0.1) is 17.6 Å². The van der Waals surface area contributed by atoms with E-state index in [-0.39, 0.29) is 10.6 Å². The Morgan fingerprint density at radius 3 is 2.23 bits per heavy atom. The predicted molar refractivity (Wildman–Crippen MR) is 109 cm³/mol. The predicted octanol–water partition coefficient (Wildman–Crippen LogP) is 4.45. The first-order valence-corrected chi connectivity index (χ1v) is 9.44. The number of anilines is 1. The number of hydrogen-bond donors (Lipinski definition) is 2. The highest BCUT2D eigenvalue weighted by Gasteiger charge is 2.27. The van der Waals surface area contributed by atoms with Gasteiger partial charge in [-0.3, -0.25) is 9.59 Å². The molecule has 2 aromatic rings. The monoisotopic (exact) mass is 458 g/mol. The molecule has 6 nitrogen and oxygen atoms in total. The largest absolute Gasteiger partial charge is 0.465 e. The summed E-state index contributed by atoms with van der Waals surface area (Å²) in [6.45, 7) is 3.32. The lowest BCUT2D eigenvalue weighted by Gasteiger charge is -2.22. The zero-order valence-corrected chi connectivity index (χ0v) is 17.7. The molecule has 0 heterocycles. The smallest absolute Gasteiger partial charge is 0.340 e. The van der Waals surface area contributed by atoms with Gasteiger partial charge in [0.25, 0.3) is 5.91 Å². The number of halogens is 4. The Kier molecular flexibility index (Phi) is 7.75. The summed E-state index contributed by atoms with van der Waals surface area (Å²) in [6.07, 6.45) is 0. The molecule has 160 valence electrons. The molecule has 2 aromatic carbocycles. The molecular weight excluding hydrogens is 441 g/mol. The Hall–Kier alpha value is -2.71. The maximum Gasteiger partial charge on any atom is 0.340 e. The molecule has 2 amide bonds. The highest BCUT2D eigenvalue weighted by atomic mass is 35.5. The van der Waals surface area contributed by atoms with E-state index in [1.165, 1.54) is 18.2 Å². The molecule has 1 unspecified atom stereocenters. The first-order valence-electron chi connectivity index (χ1n) is 8.69. The Morgan fingerprint density at radius 2 is 1.67 bits per heavy atom. The van der Waals surface area contributed by atoms with Gasteiger partial charge >= 0.3 is 5.97 Å². The van der Waals surface area contributed by atoms with Gasteiger partial charge in [0.05, 0.1) is 28.9 Å². The van der Waals surface area contributed by atoms with Crippen molar-refractivity contribution in [2.24, 2.45) is 5.92 Å². The number of amides is 2. The molecule has 0 saturated carbocycles. The fraction of sp³-hybridized carbons (Fsp3) is 0.250. The summed E-state index contributed by atoms with van der Waals surface area (Å²) in [6, 6.07) is 4.44. The lowest BCUT2D eigenvalue weighted by molar-refractivity contribution is -0.118. The summed E-state index contributed by atoms with van der Waals surface area (Å²) in [4.78, 5) is 36.8. The van der Waals surface area contributed by atoms with Crippen LogP contribution in [0.3, 0.4) is 0 Å². The van der Waals surface area contributed by atoms with E-state index in [1.807, 2.05) is 0 Å². The summed E-state index contributed by atoms with van der Waals surface area (Å²) in [5.41, 5.74) is -0.890. The van der Waals surface area contributed by atoms with Gasteiger partial charge in [-0.05, 0) is 30.2 Å². The molecule has 2 N–H and O–H groups in total. The molecule has 0 fully saturated rings. The van der Waals surface area contributed by atoms with Crippen molar-refractivity contribution in [2.45, 2.75) is 19.9 Å². The number of methoxy groups -OCH3 is 1. The fourth-order valence-corrected chi connectivity index (χ4v) is 3.04. The molecule has 0 spiro atoms. The highest BCUT2D eigenvalue weighted by Crippen LogP contribution is 2.23. The van der Waals surface area contributed by atoms with Crippen molar-refractivity contribution in [3.05, 3.63) is 63.1 Å². The van der Waals surface area contributed by atoms with Crippen LogP contribution in [0.15, 0.2) is 30.3 Å². The normalized spacial score (nSPS) is 11.7. The van der Waals surface area contributed by atoms with Crippen molar-refractivity contribution in [3.63, 3.8) is 0 Å². The van der Waals surface area contributed by atoms with Gasteiger partial charge in [-0.25, -0.2) is 13.6 Å². The number of hydrogen-bond acceptors (Lipinski definition) is 4. The second-order valence-corrected chi connectivity index (χ2v) is 7.46. The molecule has 0 radical (unpaired) electrons. The van der Waals surface area contributed by atoms with Crippen LogP contribution in [0.5, 0.6) is 0 Å². The van der Waals surface area contributed by atoms with Gasteiger partial charge in [-0.15, -0.1) is 0 Å². The van der Waals surface area contributed by atoms with Gasteiger partial charge in [0.2, 0.25) is 5.91 Å². The average Bonchev–Trinajstić information content (AvgIpc) is 2.66. The van der Waals surface area contributed by atoms with E-state index in [0.717, 1.165) is 13.2 Å². The van der Waals surface area contributed by atoms with Crippen LogP contribution in [-0.2, 0) is 9.53 Å². The fourth-order valence-electron chi connectivity index (χ4n) is 2.55. The number of rotatable bonds is 6. The van der Waals surface area contributed by atoms with Crippen LogP contribution in [-0.4, -0.2) is 30.9 Å². The third-order valence-corrected chi connectivity index (χ3v) is 4.68. The minimum absolute atomic E-state index is 0.0928. The lowest BCUT2D eigenvalue weighted by Crippen LogP contribution is -2.47. The molecule has 0 aromatic heterocycles. The lowest BCUT2D eigenvalue weighted by atomic mass is 10.0. The van der Waals surface area contributed by atoms with E-state index in [9.17, 15) is 23.2 Å². The van der Waals surface area contributed by atoms with Gasteiger partial charge in [-0.1, -0.05) is 37.0 Å². The van der Waals surface area contributed by atoms with Crippen LogP contribution >= 0.6 is 23.2 Å². The van der Waals surface area contributed by atoms with E-state index < -0.39 is 52.6 Å². The summed E-state index contributed by atoms with van der Waals surface area (Å²) in [5.74, 6) is -5.07. The van der Waals surface area contributed by atoms with Gasteiger partial charge < -0.3 is 15.4 Å².